The molecule has 1 aliphatic heterocycles. The lowest BCUT2D eigenvalue weighted by molar-refractivity contribution is 0.284. The van der Waals surface area contributed by atoms with Gasteiger partial charge < -0.3 is 10.0 Å². The van der Waals surface area contributed by atoms with Crippen molar-refractivity contribution < 1.29 is 10.0 Å². The fourth-order valence-electron chi connectivity index (χ4n) is 2.69. The van der Waals surface area contributed by atoms with E-state index in [9.17, 15) is 0 Å². The van der Waals surface area contributed by atoms with Gasteiger partial charge in [0.25, 0.3) is 0 Å². The van der Waals surface area contributed by atoms with Gasteiger partial charge in [0, 0.05) is 12.4 Å². The first-order valence-corrected chi connectivity index (χ1v) is 6.71. The van der Waals surface area contributed by atoms with Crippen LogP contribution in [0.15, 0.2) is 6.20 Å². The van der Waals surface area contributed by atoms with Gasteiger partial charge >= 0.3 is 7.12 Å². The summed E-state index contributed by atoms with van der Waals surface area (Å²) in [6.45, 7) is 2.39. The maximum atomic E-state index is 9.15. The van der Waals surface area contributed by atoms with Gasteiger partial charge in [0.1, 0.15) is 0 Å². The summed E-state index contributed by atoms with van der Waals surface area (Å²) >= 11 is 0. The summed E-state index contributed by atoms with van der Waals surface area (Å²) in [5.74, 6) is -0.0216. The third kappa shape index (κ3) is 2.43. The van der Waals surface area contributed by atoms with Crippen LogP contribution in [-0.2, 0) is 6.54 Å². The van der Waals surface area contributed by atoms with Gasteiger partial charge in [-0.2, -0.15) is 0 Å². The standard InChI is InChI=1S/C11H19BN4O2/c17-12(18)9-4-5-15(6-9)7-10-8-16(14-13-10)11-2-1-3-11/h8-9,11,17-18H,1-7H2. The number of hydrogen-bond donors (Lipinski definition) is 2. The zero-order valence-corrected chi connectivity index (χ0v) is 10.4. The SMILES string of the molecule is OB(O)C1CCN(Cc2cn(C3CCC3)nn2)C1. The Morgan fingerprint density at radius 3 is 2.78 bits per heavy atom. The van der Waals surface area contributed by atoms with Gasteiger partial charge in [0.2, 0.25) is 0 Å². The van der Waals surface area contributed by atoms with Gasteiger partial charge in [0.05, 0.1) is 17.9 Å². The molecule has 0 radical (unpaired) electrons. The highest BCUT2D eigenvalue weighted by Gasteiger charge is 2.31. The minimum atomic E-state index is -1.19. The average Bonchev–Trinajstić information content (AvgIpc) is 2.86. The topological polar surface area (TPSA) is 74.4 Å². The van der Waals surface area contributed by atoms with Crippen LogP contribution in [0.3, 0.4) is 0 Å². The van der Waals surface area contributed by atoms with E-state index in [1.165, 1.54) is 19.3 Å². The summed E-state index contributed by atoms with van der Waals surface area (Å²) in [7, 11) is -1.19. The second kappa shape index (κ2) is 4.99. The van der Waals surface area contributed by atoms with E-state index in [0.29, 0.717) is 6.04 Å². The van der Waals surface area contributed by atoms with Crippen molar-refractivity contribution in [3.63, 3.8) is 0 Å². The predicted molar refractivity (Wildman–Crippen MR) is 66.7 cm³/mol. The maximum Gasteiger partial charge on any atom is 0.456 e. The van der Waals surface area contributed by atoms with Crippen molar-refractivity contribution in [3.05, 3.63) is 11.9 Å². The molecule has 2 fully saturated rings. The molecule has 1 aromatic rings. The van der Waals surface area contributed by atoms with Gasteiger partial charge in [-0.1, -0.05) is 5.21 Å². The number of aromatic nitrogens is 3. The molecule has 1 aromatic heterocycles. The van der Waals surface area contributed by atoms with E-state index in [0.717, 1.165) is 31.7 Å². The Morgan fingerprint density at radius 2 is 2.17 bits per heavy atom. The van der Waals surface area contributed by atoms with Crippen molar-refractivity contribution in [1.82, 2.24) is 19.9 Å². The van der Waals surface area contributed by atoms with Crippen LogP contribution in [0.25, 0.3) is 0 Å². The molecule has 0 spiro atoms. The summed E-state index contributed by atoms with van der Waals surface area (Å²) in [5.41, 5.74) is 0.981. The van der Waals surface area contributed by atoms with Crippen LogP contribution in [0, 0.1) is 0 Å². The van der Waals surface area contributed by atoms with Crippen LogP contribution in [0.1, 0.15) is 37.4 Å². The quantitative estimate of drug-likeness (QED) is 0.739. The van der Waals surface area contributed by atoms with Crippen molar-refractivity contribution in [1.29, 1.82) is 0 Å². The largest absolute Gasteiger partial charge is 0.456 e. The minimum Gasteiger partial charge on any atom is -0.427 e. The van der Waals surface area contributed by atoms with Crippen LogP contribution < -0.4 is 0 Å². The molecule has 2 N–H and O–H groups in total. The first-order chi connectivity index (χ1) is 8.72. The van der Waals surface area contributed by atoms with E-state index in [2.05, 4.69) is 15.2 Å². The van der Waals surface area contributed by atoms with E-state index in [4.69, 9.17) is 10.0 Å². The first kappa shape index (κ1) is 12.1. The summed E-state index contributed by atoms with van der Waals surface area (Å²) in [6.07, 6.45) is 6.60. The maximum absolute atomic E-state index is 9.15. The molecule has 1 saturated heterocycles. The number of likely N-dealkylation sites (tertiary alicyclic amines) is 1. The van der Waals surface area contributed by atoms with Gasteiger partial charge in [-0.3, -0.25) is 4.90 Å². The molecular formula is C11H19BN4O2. The molecule has 2 heterocycles. The minimum absolute atomic E-state index is 0.0216. The Balaban J connectivity index is 1.55. The fourth-order valence-corrected chi connectivity index (χ4v) is 2.69. The molecule has 2 aliphatic rings. The molecule has 1 aliphatic carbocycles. The molecule has 0 aromatic carbocycles. The van der Waals surface area contributed by atoms with Gasteiger partial charge in [-0.05, 0) is 38.8 Å². The van der Waals surface area contributed by atoms with Gasteiger partial charge in [-0.15, -0.1) is 5.10 Å². The van der Waals surface area contributed by atoms with Crippen LogP contribution in [0.4, 0.5) is 0 Å². The molecule has 6 nitrogen and oxygen atoms in total. The number of hydrogen-bond acceptors (Lipinski definition) is 5. The second-order valence-corrected chi connectivity index (χ2v) is 5.47. The van der Waals surface area contributed by atoms with E-state index < -0.39 is 7.12 Å². The normalized spacial score (nSPS) is 25.3. The summed E-state index contributed by atoms with van der Waals surface area (Å²) in [4.78, 5) is 2.21. The highest BCUT2D eigenvalue weighted by Crippen LogP contribution is 2.30. The van der Waals surface area contributed by atoms with Crippen LogP contribution in [0.2, 0.25) is 5.82 Å². The van der Waals surface area contributed by atoms with Gasteiger partial charge in [0.15, 0.2) is 0 Å². The lowest BCUT2D eigenvalue weighted by Crippen LogP contribution is -2.25. The highest BCUT2D eigenvalue weighted by molar-refractivity contribution is 6.43. The molecule has 1 unspecified atom stereocenters. The fraction of sp³-hybridized carbons (Fsp3) is 0.818. The molecule has 3 rings (SSSR count). The van der Waals surface area contributed by atoms with Crippen LogP contribution in [-0.4, -0.2) is 50.1 Å². The molecule has 7 heteroatoms. The van der Waals surface area contributed by atoms with Crippen molar-refractivity contribution in [2.24, 2.45) is 0 Å². The number of rotatable bonds is 4. The molecule has 1 atom stereocenters. The Labute approximate surface area is 107 Å². The molecule has 98 valence electrons. The first-order valence-electron chi connectivity index (χ1n) is 6.71. The second-order valence-electron chi connectivity index (χ2n) is 5.47. The Kier molecular flexibility index (Phi) is 3.36. The van der Waals surface area contributed by atoms with E-state index in [1.807, 2.05) is 10.9 Å². The van der Waals surface area contributed by atoms with Crippen molar-refractivity contribution in [3.8, 4) is 0 Å². The Hall–Kier alpha value is -0.915. The van der Waals surface area contributed by atoms with E-state index in [-0.39, 0.29) is 5.82 Å². The zero-order chi connectivity index (χ0) is 12.5. The molecular weight excluding hydrogens is 231 g/mol. The molecule has 0 amide bonds. The molecule has 18 heavy (non-hydrogen) atoms. The smallest absolute Gasteiger partial charge is 0.427 e. The van der Waals surface area contributed by atoms with Crippen LogP contribution >= 0.6 is 0 Å². The highest BCUT2D eigenvalue weighted by atomic mass is 16.4. The van der Waals surface area contributed by atoms with Crippen LogP contribution in [0.5, 0.6) is 0 Å². The summed E-state index contributed by atoms with van der Waals surface area (Å²) < 4.78 is 1.98. The zero-order valence-electron chi connectivity index (χ0n) is 10.4. The summed E-state index contributed by atoms with van der Waals surface area (Å²) in [6, 6.07) is 0.553. The Bertz CT molecular complexity index is 408. The number of nitrogens with zero attached hydrogens (tertiary/aromatic N) is 4. The third-order valence-electron chi connectivity index (χ3n) is 4.12. The van der Waals surface area contributed by atoms with Crippen molar-refractivity contribution in [2.45, 2.75) is 44.1 Å². The van der Waals surface area contributed by atoms with Crippen molar-refractivity contribution >= 4 is 7.12 Å². The average molecular weight is 250 g/mol. The summed E-state index contributed by atoms with van der Waals surface area (Å²) in [5, 5.41) is 26.7. The van der Waals surface area contributed by atoms with Gasteiger partial charge in [-0.25, -0.2) is 4.68 Å². The third-order valence-corrected chi connectivity index (χ3v) is 4.12. The van der Waals surface area contributed by atoms with E-state index in [1.54, 1.807) is 0 Å². The van der Waals surface area contributed by atoms with Crippen molar-refractivity contribution in [2.75, 3.05) is 13.1 Å². The predicted octanol–water partition coefficient (Wildman–Crippen LogP) is 0.0518. The monoisotopic (exact) mass is 250 g/mol. The lowest BCUT2D eigenvalue weighted by Gasteiger charge is -2.24. The molecule has 1 saturated carbocycles. The molecule has 0 bridgehead atoms. The van der Waals surface area contributed by atoms with E-state index >= 15 is 0 Å². The Morgan fingerprint density at radius 1 is 1.33 bits per heavy atom. The lowest BCUT2D eigenvalue weighted by atomic mass is 9.72.